The molecule has 0 atom stereocenters. The summed E-state index contributed by atoms with van der Waals surface area (Å²) in [4.78, 5) is 32.3. The van der Waals surface area contributed by atoms with Crippen molar-refractivity contribution in [1.82, 2.24) is 0 Å². The van der Waals surface area contributed by atoms with Crippen molar-refractivity contribution in [1.29, 1.82) is 0 Å². The average Bonchev–Trinajstić information content (AvgIpc) is 2.30. The van der Waals surface area contributed by atoms with Crippen LogP contribution in [0.4, 0.5) is 11.4 Å². The minimum atomic E-state index is -1.12. The molecule has 0 aliphatic rings. The number of hydrogen-bond acceptors (Lipinski definition) is 3. The number of rotatable bonds is 5. The topological polar surface area (TPSA) is 95.5 Å². The van der Waals surface area contributed by atoms with Crippen molar-refractivity contribution in [2.24, 2.45) is 0 Å². The summed E-state index contributed by atoms with van der Waals surface area (Å²) in [5.41, 5.74) is 0.784. The van der Waals surface area contributed by atoms with Gasteiger partial charge in [-0.1, -0.05) is 0 Å². The number of nitrogens with one attached hydrogen (secondary N) is 2. The molecule has 0 aliphatic heterocycles. The van der Waals surface area contributed by atoms with Gasteiger partial charge in [-0.25, -0.2) is 4.79 Å². The monoisotopic (exact) mass is 586 g/mol. The average molecular weight is 586 g/mol. The van der Waals surface area contributed by atoms with Gasteiger partial charge in [-0.05, 0) is 67.8 Å². The van der Waals surface area contributed by atoms with Crippen LogP contribution in [0.2, 0.25) is 0 Å². The molecular formula is C9H5I3N2O4. The molecule has 0 aliphatic carbocycles. The van der Waals surface area contributed by atoms with Crippen LogP contribution in [-0.4, -0.2) is 23.9 Å². The summed E-state index contributed by atoms with van der Waals surface area (Å²) >= 11 is 5.63. The predicted molar refractivity (Wildman–Crippen MR) is 90.9 cm³/mol. The first-order valence-corrected chi connectivity index (χ1v) is 7.53. The molecule has 18 heavy (non-hydrogen) atoms. The zero-order valence-corrected chi connectivity index (χ0v) is 14.9. The van der Waals surface area contributed by atoms with E-state index in [0.29, 0.717) is 34.9 Å². The predicted octanol–water partition coefficient (Wildman–Crippen LogP) is 2.34. The van der Waals surface area contributed by atoms with Crippen molar-refractivity contribution >= 4 is 97.9 Å². The SMILES string of the molecule is O=CNc1c(I)c(NC=O)c(I)c(C(=O)O)c1I. The van der Waals surface area contributed by atoms with Gasteiger partial charge in [0.15, 0.2) is 0 Å². The molecule has 0 saturated carbocycles. The van der Waals surface area contributed by atoms with Crippen LogP contribution in [0.15, 0.2) is 0 Å². The molecule has 1 aromatic rings. The second-order valence-electron chi connectivity index (χ2n) is 2.90. The van der Waals surface area contributed by atoms with Gasteiger partial charge in [-0.2, -0.15) is 0 Å². The third-order valence-electron chi connectivity index (χ3n) is 1.94. The van der Waals surface area contributed by atoms with E-state index in [4.69, 9.17) is 0 Å². The smallest absolute Gasteiger partial charge is 0.338 e. The summed E-state index contributed by atoms with van der Waals surface area (Å²) in [6, 6.07) is 0. The second kappa shape index (κ2) is 6.83. The number of halogens is 3. The van der Waals surface area contributed by atoms with Gasteiger partial charge in [0.25, 0.3) is 0 Å². The highest BCUT2D eigenvalue weighted by Gasteiger charge is 2.23. The van der Waals surface area contributed by atoms with Gasteiger partial charge in [0, 0.05) is 0 Å². The number of carboxylic acids is 1. The summed E-state index contributed by atoms with van der Waals surface area (Å²) in [5.74, 6) is -1.12. The fourth-order valence-corrected chi connectivity index (χ4v) is 5.47. The molecule has 0 heterocycles. The fraction of sp³-hybridized carbons (Fsp3) is 0. The standard InChI is InChI=1S/C9H5I3N2O4/c10-4-3(9(17)18)5(11)8(14-2-16)6(12)7(4)13-1-15/h1-2H,(H,13,15)(H,14,16)(H,17,18). The lowest BCUT2D eigenvalue weighted by atomic mass is 10.1. The number of carbonyl (C=O) groups is 3. The van der Waals surface area contributed by atoms with Crippen molar-refractivity contribution in [2.45, 2.75) is 0 Å². The number of amides is 2. The molecule has 1 rings (SSSR count). The van der Waals surface area contributed by atoms with Crippen LogP contribution >= 0.6 is 67.8 Å². The Labute approximate surface area is 143 Å². The maximum atomic E-state index is 11.2. The lowest BCUT2D eigenvalue weighted by molar-refractivity contribution is -0.106. The molecule has 96 valence electrons. The Bertz CT molecular complexity index is 496. The third kappa shape index (κ3) is 3.04. The Morgan fingerprint density at radius 2 is 1.33 bits per heavy atom. The largest absolute Gasteiger partial charge is 0.478 e. The zero-order chi connectivity index (χ0) is 13.9. The van der Waals surface area contributed by atoms with Crippen LogP contribution < -0.4 is 10.6 Å². The van der Waals surface area contributed by atoms with Gasteiger partial charge < -0.3 is 15.7 Å². The maximum Gasteiger partial charge on any atom is 0.338 e. The van der Waals surface area contributed by atoms with Gasteiger partial charge >= 0.3 is 5.97 Å². The zero-order valence-electron chi connectivity index (χ0n) is 8.46. The minimum absolute atomic E-state index is 0.0466. The van der Waals surface area contributed by atoms with Gasteiger partial charge in [-0.15, -0.1) is 0 Å². The normalized spacial score (nSPS) is 9.72. The van der Waals surface area contributed by atoms with Crippen LogP contribution in [-0.2, 0) is 9.59 Å². The van der Waals surface area contributed by atoms with Crippen LogP contribution in [0.3, 0.4) is 0 Å². The van der Waals surface area contributed by atoms with E-state index in [0.717, 1.165) is 0 Å². The first-order chi connectivity index (χ1) is 8.45. The second-order valence-corrected chi connectivity index (χ2v) is 6.13. The van der Waals surface area contributed by atoms with E-state index in [1.54, 1.807) is 0 Å². The van der Waals surface area contributed by atoms with Gasteiger partial charge in [0.05, 0.1) is 27.6 Å². The molecule has 0 aromatic heterocycles. The molecule has 2 amide bonds. The molecule has 1 aromatic carbocycles. The molecule has 0 unspecified atom stereocenters. The molecule has 0 radical (unpaired) electrons. The van der Waals surface area contributed by atoms with Crippen molar-refractivity contribution in [3.63, 3.8) is 0 Å². The molecular weight excluding hydrogens is 581 g/mol. The van der Waals surface area contributed by atoms with Crippen LogP contribution in [0.5, 0.6) is 0 Å². The van der Waals surface area contributed by atoms with E-state index < -0.39 is 5.97 Å². The highest BCUT2D eigenvalue weighted by atomic mass is 127. The van der Waals surface area contributed by atoms with Crippen LogP contribution in [0.25, 0.3) is 0 Å². The molecule has 3 N–H and O–H groups in total. The van der Waals surface area contributed by atoms with Crippen LogP contribution in [0, 0.1) is 10.7 Å². The Hall–Kier alpha value is -0.180. The summed E-state index contributed by atoms with van der Waals surface area (Å²) in [7, 11) is 0. The molecule has 6 nitrogen and oxygen atoms in total. The Kier molecular flexibility index (Phi) is 6.03. The van der Waals surface area contributed by atoms with Crippen molar-refractivity contribution in [3.8, 4) is 0 Å². The lowest BCUT2D eigenvalue weighted by Crippen LogP contribution is -2.13. The Morgan fingerprint density at radius 1 is 0.944 bits per heavy atom. The molecule has 0 bridgehead atoms. The first-order valence-electron chi connectivity index (χ1n) is 4.29. The lowest BCUT2D eigenvalue weighted by Gasteiger charge is -2.15. The highest BCUT2D eigenvalue weighted by molar-refractivity contribution is 14.1. The maximum absolute atomic E-state index is 11.2. The summed E-state index contributed by atoms with van der Waals surface area (Å²) < 4.78 is 1.40. The van der Waals surface area contributed by atoms with Gasteiger partial charge in [0.2, 0.25) is 12.8 Å². The van der Waals surface area contributed by atoms with E-state index in [1.165, 1.54) is 0 Å². The van der Waals surface area contributed by atoms with E-state index in [9.17, 15) is 19.5 Å². The molecule has 9 heteroatoms. The number of carbonyl (C=O) groups excluding carboxylic acids is 2. The third-order valence-corrected chi connectivity index (χ3v) is 5.17. The fourth-order valence-electron chi connectivity index (χ4n) is 1.22. The van der Waals surface area contributed by atoms with E-state index in [-0.39, 0.29) is 5.56 Å². The number of hydrogen-bond donors (Lipinski definition) is 3. The number of anilines is 2. The Balaban J connectivity index is 3.68. The van der Waals surface area contributed by atoms with E-state index >= 15 is 0 Å². The summed E-state index contributed by atoms with van der Waals surface area (Å²) in [6.07, 6.45) is 0.922. The Morgan fingerprint density at radius 3 is 1.61 bits per heavy atom. The van der Waals surface area contributed by atoms with E-state index in [2.05, 4.69) is 10.6 Å². The highest BCUT2D eigenvalue weighted by Crippen LogP contribution is 2.38. The number of aromatic carboxylic acids is 1. The number of benzene rings is 1. The molecule has 0 saturated heterocycles. The van der Waals surface area contributed by atoms with Crippen molar-refractivity contribution < 1.29 is 19.5 Å². The molecule has 0 spiro atoms. The summed E-state index contributed by atoms with van der Waals surface area (Å²) in [6.45, 7) is 0. The van der Waals surface area contributed by atoms with Gasteiger partial charge in [-0.3, -0.25) is 9.59 Å². The van der Waals surface area contributed by atoms with Crippen LogP contribution in [0.1, 0.15) is 10.4 Å². The van der Waals surface area contributed by atoms with Crippen molar-refractivity contribution in [2.75, 3.05) is 10.6 Å². The quantitative estimate of drug-likeness (QED) is 0.365. The van der Waals surface area contributed by atoms with Gasteiger partial charge in [0.1, 0.15) is 0 Å². The van der Waals surface area contributed by atoms with Crippen molar-refractivity contribution in [3.05, 3.63) is 16.3 Å². The minimum Gasteiger partial charge on any atom is -0.478 e. The first kappa shape index (κ1) is 15.9. The van der Waals surface area contributed by atoms with E-state index in [1.807, 2.05) is 67.8 Å². The summed E-state index contributed by atoms with van der Waals surface area (Å²) in [5, 5.41) is 14.1. The molecule has 0 fully saturated rings. The number of carboxylic acid groups (broad SMARTS) is 1.